The zero-order chi connectivity index (χ0) is 29.1. The molecule has 1 N–H and O–H groups in total. The van der Waals surface area contributed by atoms with Crippen LogP contribution in [0.25, 0.3) is 11.8 Å². The Morgan fingerprint density at radius 3 is 2.41 bits per heavy atom. The van der Waals surface area contributed by atoms with Crippen molar-refractivity contribution in [3.05, 3.63) is 76.1 Å². The van der Waals surface area contributed by atoms with Crippen molar-refractivity contribution in [2.24, 2.45) is 0 Å². The number of anilines is 2. The topological polar surface area (TPSA) is 108 Å². The molecule has 1 aromatic heterocycles. The minimum Gasteiger partial charge on any atom is -0.379 e. The first kappa shape index (κ1) is 28.9. The van der Waals surface area contributed by atoms with Gasteiger partial charge >= 0.3 is 0 Å². The van der Waals surface area contributed by atoms with Gasteiger partial charge in [0.05, 0.1) is 40.2 Å². The first-order valence-corrected chi connectivity index (χ1v) is 15.4. The van der Waals surface area contributed by atoms with Gasteiger partial charge in [0, 0.05) is 37.6 Å². The molecule has 3 heterocycles. The highest BCUT2D eigenvalue weighted by Crippen LogP contribution is 2.34. The third-order valence-corrected chi connectivity index (χ3v) is 9.72. The second-order valence-corrected chi connectivity index (χ2v) is 12.5. The van der Waals surface area contributed by atoms with Crippen LogP contribution in [0.4, 0.5) is 11.4 Å². The van der Waals surface area contributed by atoms with E-state index in [1.165, 1.54) is 4.31 Å². The zero-order valence-electron chi connectivity index (χ0n) is 23.1. The molecular formula is C30H32ClN5O4S. The molecule has 0 saturated carbocycles. The van der Waals surface area contributed by atoms with E-state index in [2.05, 4.69) is 10.2 Å². The summed E-state index contributed by atoms with van der Waals surface area (Å²) in [6, 6.07) is 16.0. The van der Waals surface area contributed by atoms with Crippen molar-refractivity contribution in [2.75, 3.05) is 49.6 Å². The molecule has 41 heavy (non-hydrogen) atoms. The van der Waals surface area contributed by atoms with Crippen LogP contribution in [0.5, 0.6) is 0 Å². The number of ether oxygens (including phenoxy) is 1. The molecule has 2 aliphatic heterocycles. The SMILES string of the molecule is Cc1cc(/C=C(/C#N)C(=O)Nc2ccccc2Cl)c(C)n1-c1cc(S(=O)(=O)N2CCOCC2)ccc1N1CCCC1. The smallest absolute Gasteiger partial charge is 0.266 e. The summed E-state index contributed by atoms with van der Waals surface area (Å²) >= 11 is 6.18. The molecule has 0 unspecified atom stereocenters. The van der Waals surface area contributed by atoms with Crippen molar-refractivity contribution in [2.45, 2.75) is 31.6 Å². The van der Waals surface area contributed by atoms with Crippen LogP contribution in [-0.4, -0.2) is 62.6 Å². The molecule has 0 radical (unpaired) electrons. The molecule has 0 atom stereocenters. The maximum absolute atomic E-state index is 13.6. The molecule has 2 saturated heterocycles. The lowest BCUT2D eigenvalue weighted by Gasteiger charge is -2.28. The molecule has 11 heteroatoms. The quantitative estimate of drug-likeness (QED) is 0.308. The van der Waals surface area contributed by atoms with Gasteiger partial charge in [-0.15, -0.1) is 0 Å². The van der Waals surface area contributed by atoms with Crippen LogP contribution >= 0.6 is 11.6 Å². The highest BCUT2D eigenvalue weighted by Gasteiger charge is 2.29. The Morgan fingerprint density at radius 2 is 1.73 bits per heavy atom. The number of amides is 1. The summed E-state index contributed by atoms with van der Waals surface area (Å²) < 4.78 is 35.9. The number of rotatable bonds is 7. The number of para-hydroxylation sites is 1. The second kappa shape index (κ2) is 12.1. The number of carbonyl (C=O) groups excluding carboxylic acids is 1. The van der Waals surface area contributed by atoms with Crippen molar-refractivity contribution in [3.63, 3.8) is 0 Å². The summed E-state index contributed by atoms with van der Waals surface area (Å²) in [5.74, 6) is -0.568. The Labute approximate surface area is 245 Å². The Hall–Kier alpha value is -3.62. The largest absolute Gasteiger partial charge is 0.379 e. The monoisotopic (exact) mass is 593 g/mol. The molecule has 1 amide bonds. The van der Waals surface area contributed by atoms with Crippen LogP contribution in [-0.2, 0) is 19.6 Å². The van der Waals surface area contributed by atoms with Gasteiger partial charge in [0.2, 0.25) is 10.0 Å². The normalized spacial score (nSPS) is 16.5. The average Bonchev–Trinajstić information content (AvgIpc) is 3.60. The zero-order valence-corrected chi connectivity index (χ0v) is 24.6. The van der Waals surface area contributed by atoms with Crippen molar-refractivity contribution >= 4 is 45.0 Å². The molecule has 2 aromatic carbocycles. The molecule has 214 valence electrons. The maximum Gasteiger partial charge on any atom is 0.266 e. The van der Waals surface area contributed by atoms with Gasteiger partial charge in [-0.1, -0.05) is 23.7 Å². The van der Waals surface area contributed by atoms with E-state index in [1.807, 2.05) is 36.6 Å². The van der Waals surface area contributed by atoms with E-state index in [9.17, 15) is 18.5 Å². The van der Waals surface area contributed by atoms with Gasteiger partial charge < -0.3 is 19.5 Å². The van der Waals surface area contributed by atoms with Crippen molar-refractivity contribution in [1.29, 1.82) is 5.26 Å². The summed E-state index contributed by atoms with van der Waals surface area (Å²) in [6.45, 7) is 6.97. The minimum absolute atomic E-state index is 0.0754. The summed E-state index contributed by atoms with van der Waals surface area (Å²) in [5.41, 5.74) is 4.34. The molecule has 5 rings (SSSR count). The van der Waals surface area contributed by atoms with Gasteiger partial charge in [0.1, 0.15) is 11.6 Å². The van der Waals surface area contributed by atoms with Crippen molar-refractivity contribution in [3.8, 4) is 11.8 Å². The highest BCUT2D eigenvalue weighted by atomic mass is 35.5. The lowest BCUT2D eigenvalue weighted by molar-refractivity contribution is -0.112. The highest BCUT2D eigenvalue weighted by molar-refractivity contribution is 7.89. The predicted molar refractivity (Wildman–Crippen MR) is 160 cm³/mol. The van der Waals surface area contributed by atoms with E-state index in [0.717, 1.165) is 48.7 Å². The van der Waals surface area contributed by atoms with Gasteiger partial charge in [-0.05, 0) is 74.7 Å². The van der Waals surface area contributed by atoms with Gasteiger partial charge in [0.15, 0.2) is 0 Å². The standard InChI is InChI=1S/C30H32ClN5O4S/c1-21-17-23(18-24(20-32)30(37)33-27-8-4-3-7-26(27)31)22(2)36(21)29-19-25(9-10-28(29)34-11-5-6-12-34)41(38,39)35-13-15-40-16-14-35/h3-4,7-10,17-19H,5-6,11-16H2,1-2H3,(H,33,37)/b24-18-. The second-order valence-electron chi connectivity index (χ2n) is 10.1. The molecular weight excluding hydrogens is 562 g/mol. The van der Waals surface area contributed by atoms with Crippen LogP contribution in [0.1, 0.15) is 29.8 Å². The number of aromatic nitrogens is 1. The molecule has 0 aliphatic carbocycles. The number of morpholine rings is 1. The minimum atomic E-state index is -3.72. The number of hydrogen-bond acceptors (Lipinski definition) is 6. The lowest BCUT2D eigenvalue weighted by Crippen LogP contribution is -2.40. The van der Waals surface area contributed by atoms with Crippen LogP contribution in [0.3, 0.4) is 0 Å². The number of aryl methyl sites for hydroxylation is 1. The Kier molecular flexibility index (Phi) is 8.52. The van der Waals surface area contributed by atoms with E-state index in [-0.39, 0.29) is 10.5 Å². The van der Waals surface area contributed by atoms with E-state index < -0.39 is 15.9 Å². The van der Waals surface area contributed by atoms with E-state index >= 15 is 0 Å². The first-order chi connectivity index (χ1) is 19.7. The first-order valence-electron chi connectivity index (χ1n) is 13.5. The van der Waals surface area contributed by atoms with Crippen LogP contribution in [0.15, 0.2) is 59.0 Å². The number of nitrogens with one attached hydrogen (secondary N) is 1. The number of nitriles is 1. The van der Waals surface area contributed by atoms with Gasteiger partial charge in [-0.3, -0.25) is 4.79 Å². The predicted octanol–water partition coefficient (Wildman–Crippen LogP) is 4.91. The summed E-state index contributed by atoms with van der Waals surface area (Å²) in [4.78, 5) is 15.4. The Balaban J connectivity index is 1.56. The van der Waals surface area contributed by atoms with Crippen molar-refractivity contribution < 1.29 is 17.9 Å². The molecule has 0 spiro atoms. The fourth-order valence-corrected chi connectivity index (χ4v) is 6.98. The Morgan fingerprint density at radius 1 is 1.02 bits per heavy atom. The summed E-state index contributed by atoms with van der Waals surface area (Å²) in [7, 11) is -3.72. The van der Waals surface area contributed by atoms with E-state index in [0.29, 0.717) is 42.6 Å². The number of sulfonamides is 1. The number of nitrogens with zero attached hydrogens (tertiary/aromatic N) is 4. The molecule has 0 bridgehead atoms. The maximum atomic E-state index is 13.6. The number of hydrogen-bond donors (Lipinski definition) is 1. The van der Waals surface area contributed by atoms with Crippen LogP contribution in [0, 0.1) is 25.2 Å². The molecule has 3 aromatic rings. The summed E-state index contributed by atoms with van der Waals surface area (Å²) in [5, 5.41) is 12.9. The van der Waals surface area contributed by atoms with Crippen molar-refractivity contribution in [1.82, 2.24) is 8.87 Å². The van der Waals surface area contributed by atoms with E-state index in [4.69, 9.17) is 16.3 Å². The Bertz CT molecular complexity index is 1650. The van der Waals surface area contributed by atoms with Gasteiger partial charge in [-0.2, -0.15) is 9.57 Å². The fourth-order valence-electron chi connectivity index (χ4n) is 5.37. The van der Waals surface area contributed by atoms with Crippen LogP contribution < -0.4 is 10.2 Å². The third-order valence-electron chi connectivity index (χ3n) is 7.50. The molecule has 9 nitrogen and oxygen atoms in total. The fraction of sp³-hybridized carbons (Fsp3) is 0.333. The lowest BCUT2D eigenvalue weighted by atomic mass is 10.1. The number of halogens is 1. The van der Waals surface area contributed by atoms with Crippen LogP contribution in [0.2, 0.25) is 5.02 Å². The molecule has 2 fully saturated rings. The third kappa shape index (κ3) is 5.90. The van der Waals surface area contributed by atoms with Gasteiger partial charge in [-0.25, -0.2) is 8.42 Å². The van der Waals surface area contributed by atoms with E-state index in [1.54, 1.807) is 42.5 Å². The average molecular weight is 594 g/mol. The number of carbonyl (C=O) groups is 1. The molecule has 2 aliphatic rings. The number of benzene rings is 2. The van der Waals surface area contributed by atoms with Gasteiger partial charge in [0.25, 0.3) is 5.91 Å². The summed E-state index contributed by atoms with van der Waals surface area (Å²) in [6.07, 6.45) is 3.68.